The number of hydrogen-bond donors (Lipinski definition) is 7. The minimum Gasteiger partial charge on any atom is -0.455 e. The third-order valence-corrected chi connectivity index (χ3v) is 11.9. The normalized spacial score (nSPS) is 23.8. The van der Waals surface area contributed by atoms with Crippen LogP contribution in [0, 0.1) is 0 Å². The van der Waals surface area contributed by atoms with Crippen molar-refractivity contribution in [2.24, 2.45) is 0 Å². The van der Waals surface area contributed by atoms with E-state index in [9.17, 15) is 48.1 Å². The first-order valence-electron chi connectivity index (χ1n) is 18.9. The van der Waals surface area contributed by atoms with Gasteiger partial charge in [-0.3, -0.25) is 32.3 Å². The van der Waals surface area contributed by atoms with E-state index in [1.807, 2.05) is 0 Å². The predicted octanol–water partition coefficient (Wildman–Crippen LogP) is 0.867. The van der Waals surface area contributed by atoms with Crippen LogP contribution in [0.2, 0.25) is 0 Å². The Labute approximate surface area is 361 Å². The third kappa shape index (κ3) is 12.6. The van der Waals surface area contributed by atoms with Crippen molar-refractivity contribution in [2.75, 3.05) is 24.7 Å². The lowest BCUT2D eigenvalue weighted by molar-refractivity contribution is -0.160. The lowest BCUT2D eigenvalue weighted by atomic mass is 10.1. The number of aliphatic hydroxyl groups excluding tert-OH is 1. The number of nitrogens with zero attached hydrogens (tertiary/aromatic N) is 6. The zero-order valence-electron chi connectivity index (χ0n) is 32.9. The Bertz CT molecular complexity index is 2440. The summed E-state index contributed by atoms with van der Waals surface area (Å²) in [6, 6.07) is 8.58. The number of phosphoric ester groups is 2. The first-order chi connectivity index (χ1) is 29.9. The number of anilines is 2. The number of nitrogens with one attached hydrogen (secondary N) is 1. The van der Waals surface area contributed by atoms with Gasteiger partial charge in [0.05, 0.1) is 19.5 Å². The minimum absolute atomic E-state index is 0.0114. The van der Waals surface area contributed by atoms with Gasteiger partial charge >= 0.3 is 27.3 Å². The Morgan fingerprint density at radius 1 is 1.02 bits per heavy atom. The number of allylic oxidation sites excluding steroid dienone is 1. The molecule has 28 heteroatoms. The summed E-state index contributed by atoms with van der Waals surface area (Å²) in [6.07, 6.45) is -6.19. The molecule has 4 aromatic rings. The maximum atomic E-state index is 13.9. The minimum atomic E-state index is -5.26. The van der Waals surface area contributed by atoms with E-state index < -0.39 is 95.4 Å². The van der Waals surface area contributed by atoms with Crippen LogP contribution in [-0.2, 0) is 51.3 Å². The number of esters is 1. The number of imidazole rings is 1. The van der Waals surface area contributed by atoms with E-state index >= 15 is 0 Å². The maximum Gasteiger partial charge on any atom is 0.472 e. The molecule has 3 aromatic heterocycles. The number of aromatic nitrogens is 6. The molecule has 6 rings (SSSR count). The molecule has 5 heterocycles. The molecule has 2 aliphatic heterocycles. The quantitative estimate of drug-likeness (QED) is 0.0280. The number of nitrogens with two attached hydrogens (primary N) is 2. The van der Waals surface area contributed by atoms with Crippen molar-refractivity contribution in [1.82, 2.24) is 34.4 Å². The molecule has 2 saturated heterocycles. The maximum absolute atomic E-state index is 13.9. The standard InChI is InChI=1S/C35H43N9O16P2S/c1-2-3-9-25(45)41-20(10-11-27(46)63-19-7-5-4-6-8-19)34(48)59-30-23(58-33(29(30)47)44-18-40-28-31(37)38-17-39-32(28)44)16-56-62(53,54)60-21-14-26(43-13-12-24(36)42-35(43)49)57-22(21)15-55-61(50,51)52/h2,4-8,12-13,17-18,20-23,26,29-30,33,47H,1,3,9-11,14-16H2,(H,41,45)(H,53,54)(H2,36,42,49)(H2,37,38,39)(H2,50,51,52)/t20-,21+,22-,23+,26-,29-,30-,33-/m1/s1. The molecule has 0 radical (unpaired) electrons. The topological polar surface area (TPSA) is 364 Å². The summed E-state index contributed by atoms with van der Waals surface area (Å²) in [5, 5.41) is 13.9. The molecular weight excluding hydrogens is 896 g/mol. The van der Waals surface area contributed by atoms with Crippen molar-refractivity contribution in [2.45, 2.75) is 86.0 Å². The molecule has 0 saturated carbocycles. The lowest BCUT2D eigenvalue weighted by Crippen LogP contribution is -2.46. The molecule has 340 valence electrons. The van der Waals surface area contributed by atoms with E-state index in [0.29, 0.717) is 4.90 Å². The number of hydrogen-bond acceptors (Lipinski definition) is 20. The average Bonchev–Trinajstić information content (AvgIpc) is 3.92. The van der Waals surface area contributed by atoms with E-state index in [2.05, 4.69) is 36.4 Å². The number of fused-ring (bicyclic) bond motifs is 1. The van der Waals surface area contributed by atoms with E-state index in [1.165, 1.54) is 29.2 Å². The van der Waals surface area contributed by atoms with Crippen LogP contribution in [0.3, 0.4) is 0 Å². The largest absolute Gasteiger partial charge is 0.472 e. The van der Waals surface area contributed by atoms with Gasteiger partial charge in [0.2, 0.25) is 5.91 Å². The highest BCUT2D eigenvalue weighted by molar-refractivity contribution is 8.13. The second kappa shape index (κ2) is 20.7. The number of aliphatic hydroxyl groups is 1. The molecule has 9 N–H and O–H groups in total. The number of benzene rings is 1. The molecule has 63 heavy (non-hydrogen) atoms. The highest BCUT2D eigenvalue weighted by Gasteiger charge is 2.50. The Morgan fingerprint density at radius 2 is 1.76 bits per heavy atom. The molecule has 25 nitrogen and oxygen atoms in total. The van der Waals surface area contributed by atoms with Crippen LogP contribution in [-0.4, -0.2) is 116 Å². The van der Waals surface area contributed by atoms with Crippen molar-refractivity contribution in [3.63, 3.8) is 0 Å². The van der Waals surface area contributed by atoms with Crippen molar-refractivity contribution in [3.8, 4) is 0 Å². The van der Waals surface area contributed by atoms with Crippen LogP contribution in [0.4, 0.5) is 11.6 Å². The summed E-state index contributed by atoms with van der Waals surface area (Å²) in [5.41, 5.74) is 10.9. The van der Waals surface area contributed by atoms with Crippen LogP contribution < -0.4 is 22.5 Å². The number of thioether (sulfide) groups is 1. The van der Waals surface area contributed by atoms with Gasteiger partial charge in [-0.1, -0.05) is 36.0 Å². The van der Waals surface area contributed by atoms with Crippen molar-refractivity contribution < 1.29 is 71.1 Å². The highest BCUT2D eigenvalue weighted by atomic mass is 32.2. The second-order valence-electron chi connectivity index (χ2n) is 13.9. The Balaban J connectivity index is 1.22. The Hall–Kier alpha value is -4.95. The van der Waals surface area contributed by atoms with Crippen LogP contribution in [0.5, 0.6) is 0 Å². The Kier molecular flexibility index (Phi) is 15.6. The molecule has 0 aliphatic carbocycles. The van der Waals surface area contributed by atoms with Crippen LogP contribution >= 0.6 is 27.4 Å². The predicted molar refractivity (Wildman–Crippen MR) is 218 cm³/mol. The van der Waals surface area contributed by atoms with Crippen molar-refractivity contribution in [1.29, 1.82) is 0 Å². The van der Waals surface area contributed by atoms with E-state index in [1.54, 1.807) is 30.3 Å². The monoisotopic (exact) mass is 939 g/mol. The lowest BCUT2D eigenvalue weighted by Gasteiger charge is -2.25. The number of amides is 1. The van der Waals surface area contributed by atoms with Crippen LogP contribution in [0.15, 0.2) is 77.6 Å². The number of ether oxygens (including phenoxy) is 3. The molecule has 2 fully saturated rings. The van der Waals surface area contributed by atoms with Crippen molar-refractivity contribution in [3.05, 3.63) is 78.4 Å². The highest BCUT2D eigenvalue weighted by Crippen LogP contribution is 2.50. The van der Waals surface area contributed by atoms with Gasteiger partial charge in [0.1, 0.15) is 54.3 Å². The van der Waals surface area contributed by atoms with Crippen LogP contribution in [0.1, 0.15) is 44.6 Å². The number of nitrogen functional groups attached to an aromatic ring is 2. The third-order valence-electron chi connectivity index (χ3n) is 9.45. The fourth-order valence-corrected chi connectivity index (χ4v) is 8.58. The molecule has 1 aromatic carbocycles. The average molecular weight is 940 g/mol. The molecular formula is C35H43N9O16P2S. The Morgan fingerprint density at radius 3 is 2.48 bits per heavy atom. The molecule has 2 aliphatic rings. The summed E-state index contributed by atoms with van der Waals surface area (Å²) in [5.74, 6) is -1.79. The number of rotatable bonds is 20. The summed E-state index contributed by atoms with van der Waals surface area (Å²) >= 11 is 0.933. The molecule has 0 bridgehead atoms. The van der Waals surface area contributed by atoms with Gasteiger partial charge in [-0.25, -0.2) is 33.7 Å². The molecule has 9 atom stereocenters. The fourth-order valence-electron chi connectivity index (χ4n) is 6.50. The van der Waals surface area contributed by atoms with Gasteiger partial charge in [-0.05, 0) is 31.0 Å². The van der Waals surface area contributed by atoms with Gasteiger partial charge in [0, 0.05) is 30.4 Å². The van der Waals surface area contributed by atoms with Gasteiger partial charge in [-0.15, -0.1) is 6.58 Å². The fraction of sp³-hybridized carbons (Fsp3) is 0.429. The van der Waals surface area contributed by atoms with E-state index in [0.717, 1.165) is 22.7 Å². The van der Waals surface area contributed by atoms with Gasteiger partial charge in [-0.2, -0.15) is 4.98 Å². The smallest absolute Gasteiger partial charge is 0.455 e. The summed E-state index contributed by atoms with van der Waals surface area (Å²) < 4.78 is 60.1. The zero-order valence-corrected chi connectivity index (χ0v) is 35.5. The molecule has 0 spiro atoms. The van der Waals surface area contributed by atoms with E-state index in [-0.39, 0.29) is 60.0 Å². The molecule has 1 unspecified atom stereocenters. The first-order valence-corrected chi connectivity index (χ1v) is 22.7. The summed E-state index contributed by atoms with van der Waals surface area (Å²) in [6.45, 7) is 1.80. The first kappa shape index (κ1) is 47.5. The van der Waals surface area contributed by atoms with E-state index in [4.69, 9.17) is 34.7 Å². The SMILES string of the molecule is C=CCCC(=O)N[C@H](CCC(=O)Sc1ccccc1)C(=O)O[C@H]1[C@@H](O)[C@H](n2cnc3c(N)ncnc32)O[C@H]1COP(=O)(O)O[C@H]1C[C@H](n2ccc(N)nc2=O)O[C@@H]1COP(=O)(O)O. The molecule has 1 amide bonds. The van der Waals surface area contributed by atoms with Gasteiger partial charge in [0.15, 0.2) is 28.9 Å². The van der Waals surface area contributed by atoms with Crippen LogP contribution in [0.25, 0.3) is 11.2 Å². The van der Waals surface area contributed by atoms with Gasteiger partial charge in [0.25, 0.3) is 0 Å². The second-order valence-corrected chi connectivity index (χ2v) is 17.7. The van der Waals surface area contributed by atoms with Gasteiger partial charge < -0.3 is 50.8 Å². The zero-order chi connectivity index (χ0) is 45.5. The number of phosphoric acid groups is 2. The summed E-state index contributed by atoms with van der Waals surface area (Å²) in [7, 11) is -10.3. The summed E-state index contributed by atoms with van der Waals surface area (Å²) in [4.78, 5) is 98.3. The van der Waals surface area contributed by atoms with Crippen molar-refractivity contribution >= 4 is 67.2 Å². The number of carbonyl (C=O) groups is 3. The number of carbonyl (C=O) groups excluding carboxylic acids is 3.